The Hall–Kier alpha value is -0.560. The largest absolute Gasteiger partial charge is 0.374 e. The molecule has 2 fully saturated rings. The second-order valence-electron chi connectivity index (χ2n) is 4.96. The van der Waals surface area contributed by atoms with E-state index in [1.807, 2.05) is 7.11 Å². The highest BCUT2D eigenvalue weighted by atomic mass is 16.5. The topological polar surface area (TPSA) is 9.23 Å². The van der Waals surface area contributed by atoms with Crippen LogP contribution in [-0.2, 0) is 4.74 Å². The Morgan fingerprint density at radius 3 is 2.40 bits per heavy atom. The molecule has 0 spiro atoms. The number of allylic oxidation sites excluding steroid dienone is 2. The number of ether oxygens (including phenoxy) is 1. The van der Waals surface area contributed by atoms with Crippen LogP contribution in [0, 0.1) is 0 Å². The van der Waals surface area contributed by atoms with Crippen molar-refractivity contribution in [2.45, 2.75) is 57.0 Å². The smallest absolute Gasteiger partial charge is 0.0864 e. The van der Waals surface area contributed by atoms with Crippen LogP contribution in [0.1, 0.15) is 51.4 Å². The van der Waals surface area contributed by atoms with Crippen LogP contribution < -0.4 is 0 Å². The minimum Gasteiger partial charge on any atom is -0.374 e. The fraction of sp³-hybridized carbons (Fsp3) is 0.714. The first-order chi connectivity index (χ1) is 7.26. The van der Waals surface area contributed by atoms with Crippen LogP contribution in [0.3, 0.4) is 0 Å². The van der Waals surface area contributed by atoms with Gasteiger partial charge in [-0.2, -0.15) is 0 Å². The van der Waals surface area contributed by atoms with E-state index in [0.29, 0.717) is 0 Å². The zero-order valence-corrected chi connectivity index (χ0v) is 9.85. The summed E-state index contributed by atoms with van der Waals surface area (Å²) in [5.74, 6) is 0. The highest BCUT2D eigenvalue weighted by molar-refractivity contribution is 5.34. The monoisotopic (exact) mass is 206 g/mol. The Labute approximate surface area is 93.2 Å². The predicted molar refractivity (Wildman–Crippen MR) is 63.9 cm³/mol. The molecule has 0 aromatic heterocycles. The molecule has 0 atom stereocenters. The first-order valence-corrected chi connectivity index (χ1v) is 6.21. The maximum Gasteiger partial charge on any atom is 0.0864 e. The zero-order valence-electron chi connectivity index (χ0n) is 9.85. The van der Waals surface area contributed by atoms with Crippen molar-refractivity contribution in [1.82, 2.24) is 0 Å². The second kappa shape index (κ2) is 4.52. The lowest BCUT2D eigenvalue weighted by molar-refractivity contribution is 0.00145. The van der Waals surface area contributed by atoms with Crippen molar-refractivity contribution in [2.24, 2.45) is 0 Å². The van der Waals surface area contributed by atoms with Crippen LogP contribution >= 0.6 is 0 Å². The molecule has 84 valence electrons. The maximum absolute atomic E-state index is 5.77. The first-order valence-electron chi connectivity index (χ1n) is 6.21. The quantitative estimate of drug-likeness (QED) is 0.663. The Morgan fingerprint density at radius 1 is 1.13 bits per heavy atom. The maximum atomic E-state index is 5.77. The van der Waals surface area contributed by atoms with E-state index < -0.39 is 0 Å². The molecule has 0 N–H and O–H groups in total. The first kappa shape index (κ1) is 10.9. The molecule has 1 nitrogen and oxygen atoms in total. The highest BCUT2D eigenvalue weighted by Crippen LogP contribution is 2.37. The van der Waals surface area contributed by atoms with Crippen LogP contribution in [-0.4, -0.2) is 12.7 Å². The van der Waals surface area contributed by atoms with Gasteiger partial charge in [-0.25, -0.2) is 0 Å². The Balaban J connectivity index is 2.15. The molecule has 0 saturated heterocycles. The standard InChI is InChI=1S/C14H22O/c1-12-7-6-8-13(12)11-14(15-2)9-4-3-5-10-14/h11H,1,3-10H2,2H3. The fourth-order valence-corrected chi connectivity index (χ4v) is 2.88. The molecule has 15 heavy (non-hydrogen) atoms. The molecule has 2 saturated carbocycles. The van der Waals surface area contributed by atoms with Crippen molar-refractivity contribution in [3.63, 3.8) is 0 Å². The molecular formula is C14H22O. The average molecular weight is 206 g/mol. The lowest BCUT2D eigenvalue weighted by Crippen LogP contribution is -2.31. The third-order valence-corrected chi connectivity index (χ3v) is 3.92. The van der Waals surface area contributed by atoms with E-state index in [-0.39, 0.29) is 5.60 Å². The van der Waals surface area contributed by atoms with E-state index in [4.69, 9.17) is 4.74 Å². The summed E-state index contributed by atoms with van der Waals surface area (Å²) in [7, 11) is 1.86. The van der Waals surface area contributed by atoms with Gasteiger partial charge < -0.3 is 4.74 Å². The van der Waals surface area contributed by atoms with Crippen LogP contribution in [0.5, 0.6) is 0 Å². The van der Waals surface area contributed by atoms with Gasteiger partial charge in [-0.15, -0.1) is 0 Å². The lowest BCUT2D eigenvalue weighted by atomic mass is 9.83. The Bertz CT molecular complexity index is 269. The summed E-state index contributed by atoms with van der Waals surface area (Å²) in [5, 5.41) is 0. The molecule has 1 heteroatoms. The predicted octanol–water partition coefficient (Wildman–Crippen LogP) is 4.00. The van der Waals surface area contributed by atoms with E-state index in [1.165, 1.54) is 62.5 Å². The molecule has 0 bridgehead atoms. The van der Waals surface area contributed by atoms with Gasteiger partial charge in [0.2, 0.25) is 0 Å². The normalized spacial score (nSPS) is 28.6. The summed E-state index contributed by atoms with van der Waals surface area (Å²) >= 11 is 0. The fourth-order valence-electron chi connectivity index (χ4n) is 2.88. The van der Waals surface area contributed by atoms with E-state index in [2.05, 4.69) is 12.7 Å². The van der Waals surface area contributed by atoms with Gasteiger partial charge in [-0.3, -0.25) is 0 Å². The van der Waals surface area contributed by atoms with Crippen molar-refractivity contribution in [3.8, 4) is 0 Å². The lowest BCUT2D eigenvalue weighted by Gasteiger charge is -2.34. The molecule has 0 aromatic carbocycles. The minimum atomic E-state index is 0.0425. The van der Waals surface area contributed by atoms with Crippen LogP contribution in [0.4, 0.5) is 0 Å². The number of rotatable bonds is 2. The van der Waals surface area contributed by atoms with Gasteiger partial charge in [-0.05, 0) is 43.8 Å². The molecule has 0 unspecified atom stereocenters. The van der Waals surface area contributed by atoms with Crippen LogP contribution in [0.15, 0.2) is 23.8 Å². The molecular weight excluding hydrogens is 184 g/mol. The van der Waals surface area contributed by atoms with Crippen molar-refractivity contribution < 1.29 is 4.74 Å². The van der Waals surface area contributed by atoms with Gasteiger partial charge in [0, 0.05) is 7.11 Å². The van der Waals surface area contributed by atoms with Crippen LogP contribution in [0.25, 0.3) is 0 Å². The SMILES string of the molecule is C=C1CCCC1=CC1(OC)CCCCC1. The average Bonchev–Trinajstić information content (AvgIpc) is 2.66. The molecule has 2 rings (SSSR count). The molecule has 0 radical (unpaired) electrons. The number of methoxy groups -OCH3 is 1. The van der Waals surface area contributed by atoms with E-state index in [9.17, 15) is 0 Å². The van der Waals surface area contributed by atoms with Crippen molar-refractivity contribution in [2.75, 3.05) is 7.11 Å². The molecule has 0 heterocycles. The summed E-state index contributed by atoms with van der Waals surface area (Å²) in [6.07, 6.45) is 12.4. The zero-order chi connectivity index (χ0) is 10.7. The van der Waals surface area contributed by atoms with E-state index in [0.717, 1.165) is 0 Å². The molecule has 0 aliphatic heterocycles. The van der Waals surface area contributed by atoms with Crippen molar-refractivity contribution in [1.29, 1.82) is 0 Å². The summed E-state index contributed by atoms with van der Waals surface area (Å²) in [6.45, 7) is 4.14. The summed E-state index contributed by atoms with van der Waals surface area (Å²) < 4.78 is 5.77. The summed E-state index contributed by atoms with van der Waals surface area (Å²) in [6, 6.07) is 0. The highest BCUT2D eigenvalue weighted by Gasteiger charge is 2.30. The van der Waals surface area contributed by atoms with Gasteiger partial charge in [0.25, 0.3) is 0 Å². The second-order valence-corrected chi connectivity index (χ2v) is 4.96. The summed E-state index contributed by atoms with van der Waals surface area (Å²) in [5.41, 5.74) is 2.86. The number of hydrogen-bond donors (Lipinski definition) is 0. The Kier molecular flexibility index (Phi) is 3.30. The van der Waals surface area contributed by atoms with Gasteiger partial charge in [0.1, 0.15) is 0 Å². The van der Waals surface area contributed by atoms with E-state index >= 15 is 0 Å². The van der Waals surface area contributed by atoms with Gasteiger partial charge >= 0.3 is 0 Å². The van der Waals surface area contributed by atoms with Crippen LogP contribution in [0.2, 0.25) is 0 Å². The van der Waals surface area contributed by atoms with Gasteiger partial charge in [0.15, 0.2) is 0 Å². The Morgan fingerprint density at radius 2 is 1.87 bits per heavy atom. The summed E-state index contributed by atoms with van der Waals surface area (Å²) in [4.78, 5) is 0. The molecule has 0 aromatic rings. The van der Waals surface area contributed by atoms with E-state index in [1.54, 1.807) is 0 Å². The van der Waals surface area contributed by atoms with Gasteiger partial charge in [-0.1, -0.05) is 31.4 Å². The van der Waals surface area contributed by atoms with Gasteiger partial charge in [0.05, 0.1) is 5.60 Å². The molecule has 2 aliphatic rings. The number of hydrogen-bond acceptors (Lipinski definition) is 1. The molecule has 0 amide bonds. The molecule has 2 aliphatic carbocycles. The third-order valence-electron chi connectivity index (χ3n) is 3.92. The van der Waals surface area contributed by atoms with Crippen molar-refractivity contribution in [3.05, 3.63) is 23.8 Å². The minimum absolute atomic E-state index is 0.0425. The third kappa shape index (κ3) is 2.34. The van der Waals surface area contributed by atoms with Crippen molar-refractivity contribution >= 4 is 0 Å².